The molecular formula is C20H19N3O8P+. The first-order valence-corrected chi connectivity index (χ1v) is 11.0. The number of cyclic esters (lactones) is 2. The van der Waals surface area contributed by atoms with Gasteiger partial charge in [-0.05, 0) is 23.8 Å². The van der Waals surface area contributed by atoms with Crippen LogP contribution in [0, 0.1) is 0 Å². The average molecular weight is 460 g/mol. The zero-order valence-corrected chi connectivity index (χ0v) is 17.8. The average Bonchev–Trinajstić information content (AvgIpc) is 3.30. The number of amides is 2. The van der Waals surface area contributed by atoms with Gasteiger partial charge in [0.05, 0.1) is 17.9 Å². The van der Waals surface area contributed by atoms with E-state index in [2.05, 4.69) is 4.98 Å². The molecule has 1 N–H and O–H groups in total. The van der Waals surface area contributed by atoms with Crippen molar-refractivity contribution in [1.29, 1.82) is 0 Å². The molecule has 11 nitrogen and oxygen atoms in total. The molecule has 2 aromatic rings. The summed E-state index contributed by atoms with van der Waals surface area (Å²) in [6.45, 7) is 0.418. The number of hydrogen-bond donors (Lipinski definition) is 1. The summed E-state index contributed by atoms with van der Waals surface area (Å²) in [4.78, 5) is 40.2. The third-order valence-corrected chi connectivity index (χ3v) is 6.00. The van der Waals surface area contributed by atoms with Gasteiger partial charge in [0.25, 0.3) is 0 Å². The van der Waals surface area contributed by atoms with Crippen LogP contribution in [0.5, 0.6) is 5.75 Å². The second-order valence-corrected chi connectivity index (χ2v) is 8.35. The first-order valence-electron chi connectivity index (χ1n) is 9.84. The van der Waals surface area contributed by atoms with Gasteiger partial charge in [-0.15, -0.1) is 9.42 Å². The molecule has 1 aromatic carbocycles. The largest absolute Gasteiger partial charge is 0.694 e. The molecule has 32 heavy (non-hydrogen) atoms. The molecule has 2 amide bonds. The highest BCUT2D eigenvalue weighted by atomic mass is 31.1. The Labute approximate surface area is 183 Å². The lowest BCUT2D eigenvalue weighted by molar-refractivity contribution is 0.0804. The molecule has 5 rings (SSSR count). The molecule has 2 fully saturated rings. The van der Waals surface area contributed by atoms with Crippen LogP contribution in [-0.2, 0) is 18.6 Å². The van der Waals surface area contributed by atoms with Crippen molar-refractivity contribution in [2.24, 2.45) is 0 Å². The zero-order chi connectivity index (χ0) is 22.4. The molecule has 1 aromatic heterocycles. The van der Waals surface area contributed by atoms with E-state index in [1.54, 1.807) is 19.3 Å². The lowest BCUT2D eigenvalue weighted by Crippen LogP contribution is -2.45. The molecule has 0 aliphatic carbocycles. The van der Waals surface area contributed by atoms with E-state index in [0.717, 1.165) is 11.1 Å². The Bertz CT molecular complexity index is 1090. The maximum Gasteiger partial charge on any atom is 0.694 e. The number of fused-ring (bicyclic) bond motifs is 3. The second kappa shape index (κ2) is 8.01. The first kappa shape index (κ1) is 20.6. The summed E-state index contributed by atoms with van der Waals surface area (Å²) in [7, 11) is -1.11. The SMILES string of the molecule is CN1CC(c2ccc(-c3ccc4c(c3)OC[C@H]3[C@H](CO[P+](=O)O)OC(=O)N43)cn2)OC1=O. The maximum absolute atomic E-state index is 12.4. The standard InChI is InChI=1S/C20H18N3O8P/c1-22-8-17(30-19(22)24)13-4-2-12(7-21-13)11-3-5-14-16(6-11)28-9-15-18(10-29-32(26)27)31-20(25)23(14)15/h2-7,15,17-18H,8-10H2,1H3/p+1/t15-,17?,18-/m0/s1. The van der Waals surface area contributed by atoms with E-state index in [9.17, 15) is 14.2 Å². The Hall–Kier alpha value is -3.27. The fraction of sp³-hybridized carbons (Fsp3) is 0.350. The monoisotopic (exact) mass is 460 g/mol. The van der Waals surface area contributed by atoms with Crippen molar-refractivity contribution in [3.8, 4) is 16.9 Å². The highest BCUT2D eigenvalue weighted by Crippen LogP contribution is 2.41. The minimum Gasteiger partial charge on any atom is -0.489 e. The number of nitrogens with zero attached hydrogens (tertiary/aromatic N) is 3. The number of rotatable bonds is 5. The molecule has 0 bridgehead atoms. The lowest BCUT2D eigenvalue weighted by Gasteiger charge is -2.31. The molecule has 166 valence electrons. The molecule has 0 radical (unpaired) electrons. The highest BCUT2D eigenvalue weighted by molar-refractivity contribution is 7.32. The summed E-state index contributed by atoms with van der Waals surface area (Å²) < 4.78 is 32.0. The fourth-order valence-corrected chi connectivity index (χ4v) is 4.26. The van der Waals surface area contributed by atoms with Crippen LogP contribution >= 0.6 is 8.25 Å². The number of aromatic nitrogens is 1. The van der Waals surface area contributed by atoms with Crippen molar-refractivity contribution in [1.82, 2.24) is 9.88 Å². The van der Waals surface area contributed by atoms with Crippen LogP contribution in [0.2, 0.25) is 0 Å². The molecule has 4 atom stereocenters. The summed E-state index contributed by atoms with van der Waals surface area (Å²) >= 11 is 0. The van der Waals surface area contributed by atoms with Crippen LogP contribution in [-0.4, -0.2) is 65.9 Å². The number of likely N-dealkylation sites (N-methyl/N-ethyl adjacent to an activating group) is 1. The maximum atomic E-state index is 12.4. The van der Waals surface area contributed by atoms with Crippen molar-refractivity contribution in [3.63, 3.8) is 0 Å². The van der Waals surface area contributed by atoms with Gasteiger partial charge in [0.2, 0.25) is 0 Å². The van der Waals surface area contributed by atoms with Crippen LogP contribution in [0.25, 0.3) is 11.1 Å². The van der Waals surface area contributed by atoms with E-state index >= 15 is 0 Å². The molecule has 3 aliphatic heterocycles. The Kier molecular flexibility index (Phi) is 5.16. The predicted octanol–water partition coefficient (Wildman–Crippen LogP) is 2.62. The van der Waals surface area contributed by atoms with Gasteiger partial charge in [0.1, 0.15) is 25.0 Å². The molecule has 4 heterocycles. The van der Waals surface area contributed by atoms with E-state index in [1.807, 2.05) is 24.3 Å². The number of carbonyl (C=O) groups excluding carboxylic acids is 2. The van der Waals surface area contributed by atoms with Crippen molar-refractivity contribution < 1.29 is 37.8 Å². The van der Waals surface area contributed by atoms with E-state index < -0.39 is 32.6 Å². The summed E-state index contributed by atoms with van der Waals surface area (Å²) in [5, 5.41) is 0. The number of benzene rings is 1. The normalized spacial score (nSPS) is 24.4. The van der Waals surface area contributed by atoms with Crippen molar-refractivity contribution in [2.45, 2.75) is 18.2 Å². The molecule has 3 aliphatic rings. The van der Waals surface area contributed by atoms with E-state index in [1.165, 1.54) is 9.80 Å². The third kappa shape index (κ3) is 3.64. The van der Waals surface area contributed by atoms with Gasteiger partial charge < -0.3 is 19.1 Å². The van der Waals surface area contributed by atoms with Gasteiger partial charge in [0.15, 0.2) is 12.2 Å². The molecule has 2 unspecified atom stereocenters. The fourth-order valence-electron chi connectivity index (χ4n) is 3.98. The van der Waals surface area contributed by atoms with Crippen LogP contribution in [0.1, 0.15) is 11.8 Å². The van der Waals surface area contributed by atoms with Crippen molar-refractivity contribution >= 4 is 26.1 Å². The second-order valence-electron chi connectivity index (χ2n) is 7.61. The topological polar surface area (TPSA) is 128 Å². The summed E-state index contributed by atoms with van der Waals surface area (Å²) in [5.74, 6) is 0.515. The highest BCUT2D eigenvalue weighted by Gasteiger charge is 2.47. The van der Waals surface area contributed by atoms with Crippen LogP contribution in [0.4, 0.5) is 15.3 Å². The Morgan fingerprint density at radius 3 is 2.69 bits per heavy atom. The minimum atomic E-state index is -2.78. The van der Waals surface area contributed by atoms with E-state index in [-0.39, 0.29) is 19.3 Å². The van der Waals surface area contributed by atoms with Gasteiger partial charge in [0, 0.05) is 23.4 Å². The molecular weight excluding hydrogens is 441 g/mol. The van der Waals surface area contributed by atoms with Crippen LogP contribution in [0.3, 0.4) is 0 Å². The molecule has 2 saturated heterocycles. The molecule has 12 heteroatoms. The van der Waals surface area contributed by atoms with Gasteiger partial charge in [-0.2, -0.15) is 0 Å². The summed E-state index contributed by atoms with van der Waals surface area (Å²) in [5.41, 5.74) is 2.89. The van der Waals surface area contributed by atoms with Gasteiger partial charge in [-0.25, -0.2) is 9.59 Å². The zero-order valence-electron chi connectivity index (χ0n) is 16.9. The van der Waals surface area contributed by atoms with Crippen LogP contribution < -0.4 is 9.64 Å². The number of pyridine rings is 1. The van der Waals surface area contributed by atoms with Gasteiger partial charge in [-0.3, -0.25) is 9.88 Å². The molecule has 0 saturated carbocycles. The number of carbonyl (C=O) groups is 2. The van der Waals surface area contributed by atoms with Crippen LogP contribution in [0.15, 0.2) is 36.5 Å². The lowest BCUT2D eigenvalue weighted by atomic mass is 10.0. The Balaban J connectivity index is 1.35. The quantitative estimate of drug-likeness (QED) is 0.670. The summed E-state index contributed by atoms with van der Waals surface area (Å²) in [6.07, 6.45) is -0.335. The number of ether oxygens (including phenoxy) is 3. The van der Waals surface area contributed by atoms with Gasteiger partial charge >= 0.3 is 20.4 Å². The first-order chi connectivity index (χ1) is 15.4. The smallest absolute Gasteiger partial charge is 0.489 e. The van der Waals surface area contributed by atoms with Crippen molar-refractivity contribution in [3.05, 3.63) is 42.2 Å². The third-order valence-electron chi connectivity index (χ3n) is 5.63. The van der Waals surface area contributed by atoms with Crippen molar-refractivity contribution in [2.75, 3.05) is 31.7 Å². The summed E-state index contributed by atoms with van der Waals surface area (Å²) in [6, 6.07) is 8.66. The predicted molar refractivity (Wildman–Crippen MR) is 109 cm³/mol. The van der Waals surface area contributed by atoms with Gasteiger partial charge in [-0.1, -0.05) is 12.1 Å². The van der Waals surface area contributed by atoms with E-state index in [4.69, 9.17) is 23.6 Å². The Morgan fingerprint density at radius 1 is 1.19 bits per heavy atom. The number of anilines is 1. The Morgan fingerprint density at radius 2 is 2.00 bits per heavy atom. The molecule has 0 spiro atoms. The minimum absolute atomic E-state index is 0.163. The number of hydrogen-bond acceptors (Lipinski definition) is 8. The van der Waals surface area contributed by atoms with E-state index in [0.29, 0.717) is 23.7 Å².